The maximum Gasteiger partial charge on any atom is 0.410 e. The summed E-state index contributed by atoms with van der Waals surface area (Å²) in [5.41, 5.74) is 4.30. The van der Waals surface area contributed by atoms with Crippen molar-refractivity contribution < 1.29 is 28.7 Å². The molecule has 0 aliphatic heterocycles. The number of hydrogen-bond acceptors (Lipinski definition) is 8. The second-order valence-corrected chi connectivity index (χ2v) is 10.4. The molecule has 0 fully saturated rings. The van der Waals surface area contributed by atoms with E-state index >= 15 is 0 Å². The summed E-state index contributed by atoms with van der Waals surface area (Å²) >= 11 is 0. The third-order valence-electron chi connectivity index (χ3n) is 5.60. The lowest BCUT2D eigenvalue weighted by Gasteiger charge is -2.23. The SMILES string of the molecule is CC(C)Oc1ccc(-c2nc(-c3cccc4c3CCC4)no2)cc1C#N.CN(CC(=O)O)C(=O)OC(C)(C)C. The summed E-state index contributed by atoms with van der Waals surface area (Å²) in [6, 6.07) is 13.8. The highest BCUT2D eigenvalue weighted by Crippen LogP contribution is 2.33. The Kier molecular flexibility index (Phi) is 9.30. The number of carboxylic acids is 1. The van der Waals surface area contributed by atoms with E-state index in [-0.39, 0.29) is 12.6 Å². The first-order chi connectivity index (χ1) is 18.4. The van der Waals surface area contributed by atoms with Crippen LogP contribution in [0.3, 0.4) is 0 Å². The number of nitrogens with zero attached hydrogens (tertiary/aromatic N) is 4. The molecule has 1 amide bonds. The quantitative estimate of drug-likeness (QED) is 0.435. The van der Waals surface area contributed by atoms with Crippen LogP contribution in [0, 0.1) is 11.3 Å². The van der Waals surface area contributed by atoms with Gasteiger partial charge in [0.1, 0.15) is 24.0 Å². The summed E-state index contributed by atoms with van der Waals surface area (Å²) < 4.78 is 16.1. The molecule has 10 heteroatoms. The molecule has 2 aromatic carbocycles. The van der Waals surface area contributed by atoms with Crippen LogP contribution in [0.5, 0.6) is 5.75 Å². The largest absolute Gasteiger partial charge is 0.490 e. The highest BCUT2D eigenvalue weighted by atomic mass is 16.6. The molecular weight excluding hydrogens is 500 g/mol. The molecule has 10 nitrogen and oxygen atoms in total. The second kappa shape index (κ2) is 12.4. The third-order valence-corrected chi connectivity index (χ3v) is 5.60. The fraction of sp³-hybridized carbons (Fsp3) is 0.414. The summed E-state index contributed by atoms with van der Waals surface area (Å²) in [4.78, 5) is 26.9. The summed E-state index contributed by atoms with van der Waals surface area (Å²) in [6.45, 7) is 8.67. The number of hydrogen-bond donors (Lipinski definition) is 1. The number of carbonyl (C=O) groups excluding carboxylic acids is 1. The molecule has 0 saturated heterocycles. The molecule has 0 saturated carbocycles. The molecule has 1 N–H and O–H groups in total. The van der Waals surface area contributed by atoms with Crippen molar-refractivity contribution in [3.05, 3.63) is 53.1 Å². The number of carboxylic acid groups (broad SMARTS) is 1. The Hall–Kier alpha value is -4.39. The smallest absolute Gasteiger partial charge is 0.410 e. The van der Waals surface area contributed by atoms with Crippen LogP contribution in [0.2, 0.25) is 0 Å². The molecule has 1 heterocycles. The number of aliphatic carboxylic acids is 1. The number of rotatable bonds is 6. The number of aromatic nitrogens is 2. The van der Waals surface area contributed by atoms with Crippen LogP contribution >= 0.6 is 0 Å². The number of benzene rings is 2. The van der Waals surface area contributed by atoms with Crippen molar-refractivity contribution >= 4 is 12.1 Å². The summed E-state index contributed by atoms with van der Waals surface area (Å²) in [5.74, 6) is 0.503. The molecule has 4 rings (SSSR count). The van der Waals surface area contributed by atoms with E-state index in [2.05, 4.69) is 22.3 Å². The number of aryl methyl sites for hydroxylation is 1. The van der Waals surface area contributed by atoms with E-state index in [4.69, 9.17) is 19.1 Å². The van der Waals surface area contributed by atoms with Crippen LogP contribution in [0.4, 0.5) is 4.79 Å². The molecule has 206 valence electrons. The second-order valence-electron chi connectivity index (χ2n) is 10.4. The van der Waals surface area contributed by atoms with Gasteiger partial charge in [-0.3, -0.25) is 4.79 Å². The molecule has 1 aromatic heterocycles. The Morgan fingerprint density at radius 1 is 1.21 bits per heavy atom. The van der Waals surface area contributed by atoms with E-state index in [0.29, 0.717) is 28.6 Å². The fourth-order valence-corrected chi connectivity index (χ4v) is 3.99. The van der Waals surface area contributed by atoms with Gasteiger partial charge in [0, 0.05) is 18.2 Å². The van der Waals surface area contributed by atoms with Crippen LogP contribution in [0.25, 0.3) is 22.8 Å². The minimum Gasteiger partial charge on any atom is -0.490 e. The lowest BCUT2D eigenvalue weighted by Crippen LogP contribution is -2.37. The van der Waals surface area contributed by atoms with E-state index < -0.39 is 17.7 Å². The van der Waals surface area contributed by atoms with Gasteiger partial charge in [-0.25, -0.2) is 4.79 Å². The van der Waals surface area contributed by atoms with Gasteiger partial charge in [0.2, 0.25) is 5.82 Å². The molecule has 3 aromatic rings. The Bertz CT molecular complexity index is 1370. The third kappa shape index (κ3) is 8.04. The first kappa shape index (κ1) is 29.2. The molecular formula is C29H34N4O6. The molecule has 0 bridgehead atoms. The van der Waals surface area contributed by atoms with Gasteiger partial charge >= 0.3 is 12.1 Å². The first-order valence-electron chi connectivity index (χ1n) is 12.7. The number of nitriles is 1. The average Bonchev–Trinajstić information content (AvgIpc) is 3.53. The summed E-state index contributed by atoms with van der Waals surface area (Å²) in [7, 11) is 1.38. The predicted molar refractivity (Wildman–Crippen MR) is 144 cm³/mol. The van der Waals surface area contributed by atoms with Gasteiger partial charge in [-0.05, 0) is 83.2 Å². The highest BCUT2D eigenvalue weighted by Gasteiger charge is 2.21. The van der Waals surface area contributed by atoms with Crippen molar-refractivity contribution in [1.29, 1.82) is 5.26 Å². The van der Waals surface area contributed by atoms with Crippen LogP contribution in [0.1, 0.15) is 57.7 Å². The maximum atomic E-state index is 11.1. The lowest BCUT2D eigenvalue weighted by atomic mass is 10.0. The highest BCUT2D eigenvalue weighted by molar-refractivity contribution is 5.76. The zero-order valence-corrected chi connectivity index (χ0v) is 23.1. The van der Waals surface area contributed by atoms with Gasteiger partial charge < -0.3 is 24.0 Å². The van der Waals surface area contributed by atoms with Crippen LogP contribution < -0.4 is 4.74 Å². The van der Waals surface area contributed by atoms with Gasteiger partial charge in [0.05, 0.1) is 11.7 Å². The first-order valence-corrected chi connectivity index (χ1v) is 12.7. The molecule has 0 spiro atoms. The van der Waals surface area contributed by atoms with E-state index in [0.717, 1.165) is 23.3 Å². The molecule has 0 radical (unpaired) electrons. The molecule has 1 aliphatic carbocycles. The average molecular weight is 535 g/mol. The normalized spacial score (nSPS) is 12.2. The standard InChI is InChI=1S/C21H19N3O2.C8H15NO4/c1-13(2)25-19-10-9-15(11-16(19)12-22)21-23-20(24-26-21)18-8-4-6-14-5-3-7-17(14)18;1-8(2,3)13-7(12)9(4)5-6(10)11/h4,6,8-11,13H,3,5,7H2,1-2H3;5H2,1-4H3,(H,10,11). The fourth-order valence-electron chi connectivity index (χ4n) is 3.99. The van der Waals surface area contributed by atoms with Crippen molar-refractivity contribution in [2.45, 2.75) is 65.6 Å². The van der Waals surface area contributed by atoms with Crippen LogP contribution in [-0.2, 0) is 22.4 Å². The van der Waals surface area contributed by atoms with Gasteiger partial charge in [0.25, 0.3) is 5.89 Å². The van der Waals surface area contributed by atoms with Gasteiger partial charge in [0.15, 0.2) is 0 Å². The van der Waals surface area contributed by atoms with Gasteiger partial charge in [-0.2, -0.15) is 10.2 Å². The Morgan fingerprint density at radius 2 is 1.95 bits per heavy atom. The molecule has 39 heavy (non-hydrogen) atoms. The zero-order valence-electron chi connectivity index (χ0n) is 23.1. The number of amides is 1. The van der Waals surface area contributed by atoms with Crippen molar-refractivity contribution in [3.8, 4) is 34.7 Å². The summed E-state index contributed by atoms with van der Waals surface area (Å²) in [6.07, 6.45) is 2.70. The zero-order chi connectivity index (χ0) is 28.7. The van der Waals surface area contributed by atoms with Crippen LogP contribution in [0.15, 0.2) is 40.9 Å². The Labute approximate surface area is 228 Å². The molecule has 1 aliphatic rings. The van der Waals surface area contributed by atoms with E-state index in [1.807, 2.05) is 32.0 Å². The predicted octanol–water partition coefficient (Wildman–Crippen LogP) is 5.49. The number of fused-ring (bicyclic) bond motifs is 1. The topological polar surface area (TPSA) is 139 Å². The van der Waals surface area contributed by atoms with Crippen molar-refractivity contribution in [1.82, 2.24) is 15.0 Å². The molecule has 0 atom stereocenters. The monoisotopic (exact) mass is 534 g/mol. The van der Waals surface area contributed by atoms with E-state index in [1.54, 1.807) is 32.9 Å². The van der Waals surface area contributed by atoms with Crippen LogP contribution in [-0.4, -0.2) is 57.5 Å². The van der Waals surface area contributed by atoms with E-state index in [9.17, 15) is 14.9 Å². The van der Waals surface area contributed by atoms with E-state index in [1.165, 1.54) is 24.6 Å². The van der Waals surface area contributed by atoms with Crippen molar-refractivity contribution in [3.63, 3.8) is 0 Å². The van der Waals surface area contributed by atoms with Gasteiger partial charge in [-0.1, -0.05) is 23.4 Å². The number of carbonyl (C=O) groups is 2. The number of ether oxygens (including phenoxy) is 2. The van der Waals surface area contributed by atoms with Gasteiger partial charge in [-0.15, -0.1) is 0 Å². The Morgan fingerprint density at radius 3 is 2.59 bits per heavy atom. The molecule has 0 unspecified atom stereocenters. The lowest BCUT2D eigenvalue weighted by molar-refractivity contribution is -0.137. The van der Waals surface area contributed by atoms with Crippen molar-refractivity contribution in [2.24, 2.45) is 0 Å². The Balaban J connectivity index is 0.000000276. The minimum absolute atomic E-state index is 0.00290. The minimum atomic E-state index is -1.06. The summed E-state index contributed by atoms with van der Waals surface area (Å²) in [5, 5.41) is 21.9. The van der Waals surface area contributed by atoms with Crippen molar-refractivity contribution in [2.75, 3.05) is 13.6 Å². The number of likely N-dealkylation sites (N-methyl/N-ethyl adjacent to an activating group) is 1. The maximum absolute atomic E-state index is 11.1.